The number of halogens is 1. The summed E-state index contributed by atoms with van der Waals surface area (Å²) in [5.41, 5.74) is 3.68. The number of carbonyl (C=O) groups is 1. The van der Waals surface area contributed by atoms with Crippen LogP contribution in [0.3, 0.4) is 0 Å². The molecule has 2 saturated carbocycles. The van der Waals surface area contributed by atoms with Crippen LogP contribution in [0.4, 0.5) is 4.79 Å². The van der Waals surface area contributed by atoms with Gasteiger partial charge >= 0.3 is 6.03 Å². The molecule has 1 aromatic heterocycles. The molecule has 2 aliphatic rings. The number of aliphatic hydroxyl groups excluding tert-OH is 5. The highest BCUT2D eigenvalue weighted by molar-refractivity contribution is 7.99. The number of aromatic nitrogens is 1. The number of pyridine rings is 1. The zero-order valence-electron chi connectivity index (χ0n) is 26.6. The minimum atomic E-state index is -1.74. The Balaban J connectivity index is 1.06. The SMILES string of the molecule is O=C(NCCCCSc1ccc(Cl)c(COC2(c3cnccc3-c3ccccc3OC3CC3)CC2)c1)NC[C@H](O)[C@@H](O)[C@H](O)[C@H](O)CO. The second kappa shape index (κ2) is 17.1. The first-order valence-corrected chi connectivity index (χ1v) is 17.7. The normalized spacial score (nSPS) is 17.6. The number of benzene rings is 2. The van der Waals surface area contributed by atoms with Crippen molar-refractivity contribution in [3.63, 3.8) is 0 Å². The summed E-state index contributed by atoms with van der Waals surface area (Å²) >= 11 is 8.29. The third-order valence-electron chi connectivity index (χ3n) is 8.46. The number of urea groups is 1. The lowest BCUT2D eigenvalue weighted by molar-refractivity contribution is -0.113. The molecule has 3 aromatic rings. The van der Waals surface area contributed by atoms with Crippen molar-refractivity contribution in [2.45, 2.75) is 86.1 Å². The molecule has 0 spiro atoms. The van der Waals surface area contributed by atoms with E-state index in [0.29, 0.717) is 24.3 Å². The first kappa shape index (κ1) is 36.3. The average molecular weight is 702 g/mol. The number of amides is 2. The van der Waals surface area contributed by atoms with Gasteiger partial charge in [-0.2, -0.15) is 0 Å². The lowest BCUT2D eigenvalue weighted by Crippen LogP contribution is -2.50. The van der Waals surface area contributed by atoms with Crippen LogP contribution in [0.25, 0.3) is 11.1 Å². The summed E-state index contributed by atoms with van der Waals surface area (Å²) in [7, 11) is 0. The van der Waals surface area contributed by atoms with Gasteiger partial charge in [0.15, 0.2) is 0 Å². The Morgan fingerprint density at radius 3 is 2.52 bits per heavy atom. The van der Waals surface area contributed by atoms with Crippen LogP contribution in [0.15, 0.2) is 65.8 Å². The summed E-state index contributed by atoms with van der Waals surface area (Å²) in [5, 5.41) is 53.4. The largest absolute Gasteiger partial charge is 0.490 e. The van der Waals surface area contributed by atoms with Crippen molar-refractivity contribution in [1.29, 1.82) is 0 Å². The molecule has 1 heterocycles. The zero-order valence-corrected chi connectivity index (χ0v) is 28.2. The van der Waals surface area contributed by atoms with Crippen molar-refractivity contribution in [2.24, 2.45) is 0 Å². The Morgan fingerprint density at radius 1 is 1.00 bits per heavy atom. The van der Waals surface area contributed by atoms with Gasteiger partial charge in [0.25, 0.3) is 0 Å². The van der Waals surface area contributed by atoms with Crippen LogP contribution < -0.4 is 15.4 Å². The molecule has 0 aliphatic heterocycles. The molecule has 2 aliphatic carbocycles. The third-order valence-corrected chi connectivity index (χ3v) is 9.90. The molecular formula is C35H44ClN3O8S. The van der Waals surface area contributed by atoms with Crippen LogP contribution in [0.1, 0.15) is 49.7 Å². The number of aliphatic hydroxyl groups is 5. The van der Waals surface area contributed by atoms with Crippen LogP contribution in [-0.2, 0) is 16.9 Å². The first-order valence-electron chi connectivity index (χ1n) is 16.3. The lowest BCUT2D eigenvalue weighted by atomic mass is 9.96. The standard InChI is InChI=1S/C35H44ClN3O8S/c36-28-10-9-24(48-16-4-3-14-38-34(45)39-19-29(41)32(43)33(44)30(42)20-40)17-22(28)21-46-35(12-13-35)27-18-37-15-11-25(27)26-5-1-2-6-31(26)47-23-7-8-23/h1-2,5-6,9-11,15,17-18,23,29-30,32-33,40-44H,3-4,7-8,12-14,16,19-21H2,(H2,38,39,45)/t29-,30+,32+,33+/m0/s1. The summed E-state index contributed by atoms with van der Waals surface area (Å²) in [5.74, 6) is 1.72. The van der Waals surface area contributed by atoms with Crippen molar-refractivity contribution < 1.29 is 39.8 Å². The second-order valence-electron chi connectivity index (χ2n) is 12.3. The Hall–Kier alpha value is -2.94. The van der Waals surface area contributed by atoms with E-state index < -0.39 is 42.7 Å². The molecule has 0 bridgehead atoms. The number of hydrogen-bond donors (Lipinski definition) is 7. The molecule has 5 rings (SSSR count). The molecule has 2 aromatic carbocycles. The van der Waals surface area contributed by atoms with Gasteiger partial charge in [-0.15, -0.1) is 11.8 Å². The number of nitrogens with zero attached hydrogens (tertiary/aromatic N) is 1. The topological polar surface area (TPSA) is 174 Å². The van der Waals surface area contributed by atoms with Crippen molar-refractivity contribution in [3.05, 3.63) is 77.1 Å². The summed E-state index contributed by atoms with van der Waals surface area (Å²) in [4.78, 5) is 17.5. The number of thioether (sulfide) groups is 1. The molecule has 4 atom stereocenters. The first-order chi connectivity index (χ1) is 23.2. The molecule has 2 fully saturated rings. The predicted molar refractivity (Wildman–Crippen MR) is 183 cm³/mol. The Morgan fingerprint density at radius 2 is 1.77 bits per heavy atom. The number of rotatable bonds is 19. The number of unbranched alkanes of at least 4 members (excludes halogenated alkanes) is 1. The van der Waals surface area contributed by atoms with Gasteiger partial charge < -0.3 is 45.6 Å². The predicted octanol–water partition coefficient (Wildman–Crippen LogP) is 3.76. The molecule has 13 heteroatoms. The van der Waals surface area contributed by atoms with E-state index >= 15 is 0 Å². The molecule has 0 saturated heterocycles. The van der Waals surface area contributed by atoms with Gasteiger partial charge in [-0.3, -0.25) is 4.98 Å². The third kappa shape index (κ3) is 9.82. The van der Waals surface area contributed by atoms with Gasteiger partial charge in [-0.1, -0.05) is 29.8 Å². The Bertz CT molecular complexity index is 1510. The number of carbonyl (C=O) groups excluding carboxylic acids is 1. The van der Waals surface area contributed by atoms with E-state index in [1.165, 1.54) is 0 Å². The van der Waals surface area contributed by atoms with E-state index in [4.69, 9.17) is 26.2 Å². The van der Waals surface area contributed by atoms with E-state index in [1.54, 1.807) is 11.8 Å². The maximum absolute atomic E-state index is 12.0. The lowest BCUT2D eigenvalue weighted by Gasteiger charge is -2.25. The molecule has 48 heavy (non-hydrogen) atoms. The zero-order chi connectivity index (χ0) is 34.1. The molecule has 0 radical (unpaired) electrons. The van der Waals surface area contributed by atoms with E-state index in [-0.39, 0.29) is 6.54 Å². The second-order valence-corrected chi connectivity index (χ2v) is 13.8. The molecule has 260 valence electrons. The highest BCUT2D eigenvalue weighted by atomic mass is 35.5. The summed E-state index contributed by atoms with van der Waals surface area (Å²) in [6.45, 7) is -0.333. The van der Waals surface area contributed by atoms with Gasteiger partial charge in [0.05, 0.1) is 31.0 Å². The van der Waals surface area contributed by atoms with Crippen LogP contribution in [0.5, 0.6) is 5.75 Å². The van der Waals surface area contributed by atoms with Crippen LogP contribution in [0, 0.1) is 0 Å². The minimum Gasteiger partial charge on any atom is -0.490 e. The van der Waals surface area contributed by atoms with Crippen LogP contribution in [-0.4, -0.2) is 92.5 Å². The van der Waals surface area contributed by atoms with Gasteiger partial charge in [0.2, 0.25) is 0 Å². The Labute approximate surface area is 289 Å². The van der Waals surface area contributed by atoms with Crippen LogP contribution >= 0.6 is 23.4 Å². The molecular weight excluding hydrogens is 658 g/mol. The summed E-state index contributed by atoms with van der Waals surface area (Å²) < 4.78 is 12.8. The van der Waals surface area contributed by atoms with Crippen molar-refractivity contribution in [1.82, 2.24) is 15.6 Å². The highest BCUT2D eigenvalue weighted by Crippen LogP contribution is 2.53. The van der Waals surface area contributed by atoms with Crippen molar-refractivity contribution in [2.75, 3.05) is 25.4 Å². The van der Waals surface area contributed by atoms with E-state index in [0.717, 1.165) is 77.2 Å². The summed E-state index contributed by atoms with van der Waals surface area (Å²) in [6, 6.07) is 15.6. The summed E-state index contributed by atoms with van der Waals surface area (Å²) in [6.07, 6.45) is 2.97. The van der Waals surface area contributed by atoms with Crippen LogP contribution in [0.2, 0.25) is 5.02 Å². The molecule has 11 nitrogen and oxygen atoms in total. The number of hydrogen-bond acceptors (Lipinski definition) is 10. The fourth-order valence-electron chi connectivity index (χ4n) is 5.28. The van der Waals surface area contributed by atoms with Gasteiger partial charge in [0.1, 0.15) is 24.1 Å². The molecule has 0 unspecified atom stereocenters. The quantitative estimate of drug-likeness (QED) is 0.0721. The number of ether oxygens (including phenoxy) is 2. The highest BCUT2D eigenvalue weighted by Gasteiger charge is 2.48. The van der Waals surface area contributed by atoms with E-state index in [9.17, 15) is 25.2 Å². The number of para-hydroxylation sites is 1. The number of nitrogens with one attached hydrogen (secondary N) is 2. The monoisotopic (exact) mass is 701 g/mol. The minimum absolute atomic E-state index is 0.296. The fraction of sp³-hybridized carbons (Fsp3) is 0.486. The Kier molecular flexibility index (Phi) is 13.0. The maximum atomic E-state index is 12.0. The van der Waals surface area contributed by atoms with Crippen molar-refractivity contribution >= 4 is 29.4 Å². The van der Waals surface area contributed by atoms with Crippen molar-refractivity contribution in [3.8, 4) is 16.9 Å². The maximum Gasteiger partial charge on any atom is 0.314 e. The van der Waals surface area contributed by atoms with Gasteiger partial charge in [-0.25, -0.2) is 4.79 Å². The fourth-order valence-corrected chi connectivity index (χ4v) is 6.43. The van der Waals surface area contributed by atoms with Gasteiger partial charge in [0, 0.05) is 46.5 Å². The van der Waals surface area contributed by atoms with E-state index in [1.807, 2.05) is 48.8 Å². The smallest absolute Gasteiger partial charge is 0.314 e. The molecule has 7 N–H and O–H groups in total. The molecule has 2 amide bonds. The average Bonchev–Trinajstić information content (AvgIpc) is 4.05. The van der Waals surface area contributed by atoms with E-state index in [2.05, 4.69) is 27.8 Å². The van der Waals surface area contributed by atoms with Gasteiger partial charge in [-0.05, 0) is 85.7 Å².